The molecule has 2 unspecified atom stereocenters. The Labute approximate surface area is 361 Å². The van der Waals surface area contributed by atoms with E-state index in [-0.39, 0.29) is 50.4 Å². The van der Waals surface area contributed by atoms with Crippen molar-refractivity contribution >= 4 is 75.6 Å². The van der Waals surface area contributed by atoms with Crippen LogP contribution in [0.2, 0.25) is 10.0 Å². The Kier molecular flexibility index (Phi) is 17.4. The highest BCUT2D eigenvalue weighted by Crippen LogP contribution is 2.43. The molecule has 1 aliphatic heterocycles. The fourth-order valence-electron chi connectivity index (χ4n) is 6.17. The van der Waals surface area contributed by atoms with Gasteiger partial charge in [-0.25, -0.2) is 22.5 Å². The van der Waals surface area contributed by atoms with E-state index in [1.807, 2.05) is 6.92 Å². The van der Waals surface area contributed by atoms with Gasteiger partial charge in [0.1, 0.15) is 17.6 Å². The second-order valence-corrected chi connectivity index (χ2v) is 20.1. The van der Waals surface area contributed by atoms with Crippen LogP contribution in [0.15, 0.2) is 57.1 Å². The minimum Gasteiger partial charge on any atom is -0.480 e. The number of aliphatic carboxylic acids is 1. The molecule has 332 valence electrons. The molecule has 2 amide bonds. The number of carboxylic acids is 1. The summed E-state index contributed by atoms with van der Waals surface area (Å²) in [6.07, 6.45) is 9.70. The van der Waals surface area contributed by atoms with Crippen molar-refractivity contribution < 1.29 is 65.3 Å². The van der Waals surface area contributed by atoms with E-state index >= 15 is 0 Å². The molecule has 61 heavy (non-hydrogen) atoms. The highest BCUT2D eigenvalue weighted by molar-refractivity contribution is 7.90. The molecular weight excluding hydrogens is 883 g/mol. The molecule has 6 rings (SSSR count). The van der Waals surface area contributed by atoms with Gasteiger partial charge in [-0.05, 0) is 75.6 Å². The van der Waals surface area contributed by atoms with Crippen molar-refractivity contribution in [1.29, 1.82) is 0 Å². The topological polar surface area (TPSA) is 251 Å². The highest BCUT2D eigenvalue weighted by atomic mass is 35.5. The van der Waals surface area contributed by atoms with Crippen LogP contribution in [0.1, 0.15) is 98.7 Å². The number of unbranched alkanes of at least 4 members (excludes halogenated alkanes) is 2. The van der Waals surface area contributed by atoms with Gasteiger partial charge in [0, 0.05) is 52.8 Å². The number of anilines is 1. The van der Waals surface area contributed by atoms with Crippen molar-refractivity contribution in [3.8, 4) is 5.75 Å². The number of benzene rings is 2. The first-order valence-corrected chi connectivity index (χ1v) is 24.2. The average molecular weight is 931 g/mol. The van der Waals surface area contributed by atoms with Gasteiger partial charge in [0.15, 0.2) is 35.4 Å². The number of amides is 2. The Morgan fingerprint density at radius 2 is 1.70 bits per heavy atom. The standard InChI is InChI=1S/C21H23ClFNO5.C14H12ClNO4S.C5H12NO4P/c1-2-3-6-9-28-19(25)12-29-18-11-17(16(23)10-15(18)22)24-20(26)13-7-4-5-8-14(13)21(24)27;1-21(18,19)12-6-9(15)4-5-10(12)13(17)11-7-16-20-14(11)8-2-3-8;1-11(9,10)3-2-4(6)5(7)8/h10-11H,2-9,12H2,1H3;4-8H,2-3H2,1H3;4H,2-3,6H2,1H3,(H,7,8)(H,9,10). The van der Waals surface area contributed by atoms with Gasteiger partial charge in [0.2, 0.25) is 0 Å². The molecule has 4 N–H and O–H groups in total. The van der Waals surface area contributed by atoms with Gasteiger partial charge in [-0.3, -0.25) is 23.7 Å². The third-order valence-electron chi connectivity index (χ3n) is 9.54. The lowest BCUT2D eigenvalue weighted by Crippen LogP contribution is -2.32. The number of hydrogen-bond donors (Lipinski definition) is 3. The predicted octanol–water partition coefficient (Wildman–Crippen LogP) is 6.86. The maximum Gasteiger partial charge on any atom is 0.344 e. The molecule has 0 radical (unpaired) electrons. The van der Waals surface area contributed by atoms with Crippen molar-refractivity contribution in [1.82, 2.24) is 5.16 Å². The lowest BCUT2D eigenvalue weighted by atomic mass is 9.93. The molecule has 0 saturated heterocycles. The van der Waals surface area contributed by atoms with Crippen LogP contribution >= 0.6 is 30.6 Å². The molecule has 0 bridgehead atoms. The van der Waals surface area contributed by atoms with E-state index in [1.54, 1.807) is 0 Å². The number of nitrogens with two attached hydrogens (primary N) is 1. The first-order chi connectivity index (χ1) is 28.6. The summed E-state index contributed by atoms with van der Waals surface area (Å²) < 4.78 is 64.5. The SMILES string of the molecule is CCCCCOC(=O)COc1cc(N2C(=O)C3=C(CCCC3)C2=O)c(F)cc1Cl.CP(=O)(O)CCC(N)C(=O)O.CS(=O)(=O)c1cc(Cl)ccc1C(=O)c1cnoc1C1CC1. The van der Waals surface area contributed by atoms with E-state index in [2.05, 4.69) is 5.16 Å². The van der Waals surface area contributed by atoms with Gasteiger partial charge in [0.25, 0.3) is 11.8 Å². The number of carbonyl (C=O) groups is 5. The molecule has 16 nitrogen and oxygen atoms in total. The fourth-order valence-corrected chi connectivity index (χ4v) is 8.27. The maximum atomic E-state index is 14.5. The number of aromatic nitrogens is 1. The van der Waals surface area contributed by atoms with Crippen LogP contribution in [0.4, 0.5) is 10.1 Å². The zero-order chi connectivity index (χ0) is 45.2. The zero-order valence-electron chi connectivity index (χ0n) is 33.7. The zero-order valence-corrected chi connectivity index (χ0v) is 36.9. The number of rotatable bonds is 16. The predicted molar refractivity (Wildman–Crippen MR) is 223 cm³/mol. The summed E-state index contributed by atoms with van der Waals surface area (Å²) in [6.45, 7) is 3.11. The van der Waals surface area contributed by atoms with Crippen molar-refractivity contribution in [3.63, 3.8) is 0 Å². The minimum atomic E-state index is -3.57. The first kappa shape index (κ1) is 49.2. The van der Waals surface area contributed by atoms with Crippen LogP contribution in [0.3, 0.4) is 0 Å². The van der Waals surface area contributed by atoms with Crippen LogP contribution < -0.4 is 15.4 Å². The Morgan fingerprint density at radius 1 is 1.07 bits per heavy atom. The average Bonchev–Trinajstić information content (AvgIpc) is 3.87. The van der Waals surface area contributed by atoms with E-state index in [4.69, 9.17) is 52.9 Å². The van der Waals surface area contributed by atoms with Crippen LogP contribution in [0.25, 0.3) is 0 Å². The van der Waals surface area contributed by atoms with E-state index in [0.717, 1.165) is 62.2 Å². The Bertz CT molecular complexity index is 2320. The summed E-state index contributed by atoms with van der Waals surface area (Å²) >= 11 is 11.9. The number of sulfone groups is 1. The number of halogens is 3. The number of ether oxygens (including phenoxy) is 2. The number of hydrogen-bond acceptors (Lipinski definition) is 13. The van der Waals surface area contributed by atoms with E-state index < -0.39 is 65.2 Å². The van der Waals surface area contributed by atoms with Gasteiger partial charge < -0.3 is 29.7 Å². The highest BCUT2D eigenvalue weighted by Gasteiger charge is 2.41. The second kappa shape index (κ2) is 21.6. The molecule has 3 aromatic rings. The number of carbonyl (C=O) groups excluding carboxylic acids is 4. The van der Waals surface area contributed by atoms with Crippen LogP contribution in [-0.2, 0) is 38.3 Å². The van der Waals surface area contributed by atoms with Gasteiger partial charge in [-0.1, -0.05) is 48.1 Å². The number of esters is 1. The van der Waals surface area contributed by atoms with Crippen LogP contribution in [0, 0.1) is 5.82 Å². The molecule has 3 aliphatic rings. The van der Waals surface area contributed by atoms with Crippen LogP contribution in [-0.4, -0.2) is 91.4 Å². The van der Waals surface area contributed by atoms with E-state index in [9.17, 15) is 41.3 Å². The number of nitrogens with zero attached hydrogens (tertiary/aromatic N) is 2. The molecule has 2 aromatic carbocycles. The smallest absolute Gasteiger partial charge is 0.344 e. The summed E-state index contributed by atoms with van der Waals surface area (Å²) in [7, 11) is -6.67. The maximum absolute atomic E-state index is 14.5. The second-order valence-electron chi connectivity index (χ2n) is 14.7. The monoisotopic (exact) mass is 929 g/mol. The quantitative estimate of drug-likeness (QED) is 0.0436. The molecule has 1 fully saturated rings. The van der Waals surface area contributed by atoms with Gasteiger partial charge in [0.05, 0.1) is 34.0 Å². The van der Waals surface area contributed by atoms with Crippen LogP contribution in [0.5, 0.6) is 5.75 Å². The lowest BCUT2D eigenvalue weighted by Gasteiger charge is -2.18. The summed E-state index contributed by atoms with van der Waals surface area (Å²) in [5.41, 5.74) is 6.18. The fraction of sp³-hybridized carbons (Fsp3) is 0.450. The molecular formula is C40H47Cl2FN3O13PS. The number of imide groups is 1. The minimum absolute atomic E-state index is 0.000883. The molecule has 1 saturated carbocycles. The molecule has 1 aromatic heterocycles. The molecule has 2 aliphatic carbocycles. The summed E-state index contributed by atoms with van der Waals surface area (Å²) in [4.78, 5) is 69.4. The Morgan fingerprint density at radius 3 is 2.26 bits per heavy atom. The third kappa shape index (κ3) is 13.8. The first-order valence-electron chi connectivity index (χ1n) is 19.3. The van der Waals surface area contributed by atoms with Gasteiger partial charge >= 0.3 is 11.9 Å². The van der Waals surface area contributed by atoms with Crippen molar-refractivity contribution in [3.05, 3.63) is 80.4 Å². The van der Waals surface area contributed by atoms with E-state index in [0.29, 0.717) is 41.9 Å². The van der Waals surface area contributed by atoms with Crippen molar-refractivity contribution in [2.24, 2.45) is 5.73 Å². The number of ketones is 1. The Balaban J connectivity index is 0.000000223. The lowest BCUT2D eigenvalue weighted by molar-refractivity contribution is -0.146. The summed E-state index contributed by atoms with van der Waals surface area (Å²) in [6, 6.07) is 5.32. The van der Waals surface area contributed by atoms with Gasteiger partial charge in [-0.15, -0.1) is 0 Å². The third-order valence-corrected chi connectivity index (χ3v) is 12.3. The molecule has 21 heteroatoms. The van der Waals surface area contributed by atoms with Crippen molar-refractivity contribution in [2.45, 2.75) is 88.0 Å². The Hall–Kier alpha value is -4.45. The largest absolute Gasteiger partial charge is 0.480 e. The van der Waals surface area contributed by atoms with Crippen molar-refractivity contribution in [2.75, 3.05) is 37.2 Å². The number of carboxylic acid groups (broad SMARTS) is 1. The molecule has 2 atom stereocenters. The summed E-state index contributed by atoms with van der Waals surface area (Å²) in [5.74, 6) is -3.21. The van der Waals surface area contributed by atoms with E-state index in [1.165, 1.54) is 37.1 Å². The summed E-state index contributed by atoms with van der Waals surface area (Å²) in [5, 5.41) is 12.1. The molecule has 2 heterocycles. The molecule has 0 spiro atoms. The normalized spacial score (nSPS) is 16.4. The van der Waals surface area contributed by atoms with Gasteiger partial charge in [-0.2, -0.15) is 0 Å².